The standard InChI is InChI=1S/C18H16N2O5/c1-19-13-6-4-12(5-7-13)18(22)25-11-17(21)20-14-8-9-15(23-2)16(10-14)24-3/h4-10H,11H2,2-3H3,(H,20,21). The Morgan fingerprint density at radius 3 is 2.32 bits per heavy atom. The summed E-state index contributed by atoms with van der Waals surface area (Å²) in [4.78, 5) is 27.0. The van der Waals surface area contributed by atoms with E-state index in [-0.39, 0.29) is 5.56 Å². The summed E-state index contributed by atoms with van der Waals surface area (Å²) in [6.45, 7) is 6.43. The van der Waals surface area contributed by atoms with Gasteiger partial charge in [-0.05, 0) is 12.1 Å². The Bertz CT molecular complexity index is 809. The normalized spacial score (nSPS) is 9.64. The monoisotopic (exact) mass is 340 g/mol. The van der Waals surface area contributed by atoms with Gasteiger partial charge in [0.1, 0.15) is 0 Å². The summed E-state index contributed by atoms with van der Waals surface area (Å²) in [6, 6.07) is 10.9. The van der Waals surface area contributed by atoms with Crippen molar-refractivity contribution in [2.45, 2.75) is 0 Å². The summed E-state index contributed by atoms with van der Waals surface area (Å²) in [5, 5.41) is 2.60. The number of methoxy groups -OCH3 is 2. The number of amides is 1. The van der Waals surface area contributed by atoms with Gasteiger partial charge < -0.3 is 19.5 Å². The molecule has 0 saturated heterocycles. The molecular formula is C18H16N2O5. The number of benzene rings is 2. The Labute approximate surface area is 144 Å². The second-order valence-corrected chi connectivity index (χ2v) is 4.85. The summed E-state index contributed by atoms with van der Waals surface area (Å²) in [7, 11) is 3.00. The molecule has 0 unspecified atom stereocenters. The molecule has 7 nitrogen and oxygen atoms in total. The van der Waals surface area contributed by atoms with Gasteiger partial charge in [-0.1, -0.05) is 24.3 Å². The highest BCUT2D eigenvalue weighted by Crippen LogP contribution is 2.29. The zero-order valence-electron chi connectivity index (χ0n) is 13.7. The number of nitrogens with one attached hydrogen (secondary N) is 1. The Morgan fingerprint density at radius 1 is 1.04 bits per heavy atom. The smallest absolute Gasteiger partial charge is 0.338 e. The van der Waals surface area contributed by atoms with Gasteiger partial charge in [0.25, 0.3) is 5.91 Å². The third-order valence-corrected chi connectivity index (χ3v) is 3.23. The molecule has 0 heterocycles. The number of nitrogens with zero attached hydrogens (tertiary/aromatic N) is 1. The molecule has 1 amide bonds. The van der Waals surface area contributed by atoms with Crippen LogP contribution in [-0.2, 0) is 9.53 Å². The molecule has 0 saturated carbocycles. The van der Waals surface area contributed by atoms with Gasteiger partial charge in [-0.2, -0.15) is 0 Å². The summed E-state index contributed by atoms with van der Waals surface area (Å²) in [6.07, 6.45) is 0. The second kappa shape index (κ2) is 8.36. The summed E-state index contributed by atoms with van der Waals surface area (Å²) in [5.74, 6) is -0.121. The molecule has 0 aromatic heterocycles. The summed E-state index contributed by atoms with van der Waals surface area (Å²) < 4.78 is 15.2. The van der Waals surface area contributed by atoms with Crippen LogP contribution in [0.15, 0.2) is 42.5 Å². The highest BCUT2D eigenvalue weighted by atomic mass is 16.5. The topological polar surface area (TPSA) is 78.2 Å². The fourth-order valence-electron chi connectivity index (χ4n) is 2.00. The molecule has 0 fully saturated rings. The van der Waals surface area contributed by atoms with Crippen molar-refractivity contribution in [3.05, 3.63) is 59.4 Å². The largest absolute Gasteiger partial charge is 0.493 e. The van der Waals surface area contributed by atoms with Crippen LogP contribution >= 0.6 is 0 Å². The van der Waals surface area contributed by atoms with Crippen LogP contribution in [0.2, 0.25) is 0 Å². The minimum atomic E-state index is -0.640. The molecule has 2 aromatic rings. The predicted molar refractivity (Wildman–Crippen MR) is 91.2 cm³/mol. The van der Waals surface area contributed by atoms with E-state index in [1.165, 1.54) is 38.5 Å². The number of ether oxygens (including phenoxy) is 3. The Morgan fingerprint density at radius 2 is 1.72 bits per heavy atom. The van der Waals surface area contributed by atoms with E-state index in [0.717, 1.165) is 0 Å². The van der Waals surface area contributed by atoms with Crippen molar-refractivity contribution >= 4 is 23.3 Å². The van der Waals surface area contributed by atoms with Gasteiger partial charge in [-0.3, -0.25) is 4.79 Å². The van der Waals surface area contributed by atoms with Gasteiger partial charge in [0.15, 0.2) is 23.8 Å². The third-order valence-electron chi connectivity index (χ3n) is 3.23. The van der Waals surface area contributed by atoms with E-state index in [2.05, 4.69) is 10.2 Å². The lowest BCUT2D eigenvalue weighted by molar-refractivity contribution is -0.119. The molecule has 0 bridgehead atoms. The molecule has 0 atom stereocenters. The molecule has 2 aromatic carbocycles. The first-order valence-corrected chi connectivity index (χ1v) is 7.24. The number of esters is 1. The summed E-state index contributed by atoms with van der Waals surface area (Å²) >= 11 is 0. The molecule has 0 aliphatic heterocycles. The average Bonchev–Trinajstić information content (AvgIpc) is 2.66. The van der Waals surface area contributed by atoms with Crippen molar-refractivity contribution < 1.29 is 23.8 Å². The number of carbonyl (C=O) groups is 2. The van der Waals surface area contributed by atoms with Crippen LogP contribution in [0.1, 0.15) is 10.4 Å². The average molecular weight is 340 g/mol. The van der Waals surface area contributed by atoms with E-state index < -0.39 is 18.5 Å². The van der Waals surface area contributed by atoms with Gasteiger partial charge >= 0.3 is 5.97 Å². The zero-order chi connectivity index (χ0) is 18.2. The maximum absolute atomic E-state index is 11.9. The Hall–Kier alpha value is -3.53. The number of carbonyl (C=O) groups excluding carboxylic acids is 2. The van der Waals surface area contributed by atoms with Crippen LogP contribution in [0.5, 0.6) is 11.5 Å². The lowest BCUT2D eigenvalue weighted by Crippen LogP contribution is -2.20. The third kappa shape index (κ3) is 4.72. The van der Waals surface area contributed by atoms with Crippen molar-refractivity contribution in [2.75, 3.05) is 26.1 Å². The van der Waals surface area contributed by atoms with E-state index in [0.29, 0.717) is 22.9 Å². The van der Waals surface area contributed by atoms with Crippen LogP contribution in [0.3, 0.4) is 0 Å². The molecule has 25 heavy (non-hydrogen) atoms. The minimum Gasteiger partial charge on any atom is -0.493 e. The van der Waals surface area contributed by atoms with Crippen molar-refractivity contribution in [1.29, 1.82) is 0 Å². The Balaban J connectivity index is 1.91. The number of hydrogen-bond acceptors (Lipinski definition) is 5. The second-order valence-electron chi connectivity index (χ2n) is 4.85. The SMILES string of the molecule is [C-]#[N+]c1ccc(C(=O)OCC(=O)Nc2ccc(OC)c(OC)c2)cc1. The lowest BCUT2D eigenvalue weighted by Gasteiger charge is -2.10. The molecular weight excluding hydrogens is 324 g/mol. The van der Waals surface area contributed by atoms with Crippen molar-refractivity contribution in [1.82, 2.24) is 0 Å². The first-order chi connectivity index (χ1) is 12.1. The zero-order valence-corrected chi connectivity index (χ0v) is 13.7. The fraction of sp³-hybridized carbons (Fsp3) is 0.167. The van der Waals surface area contributed by atoms with Crippen LogP contribution in [0, 0.1) is 6.57 Å². The van der Waals surface area contributed by atoms with Crippen LogP contribution in [0.25, 0.3) is 4.85 Å². The minimum absolute atomic E-state index is 0.270. The molecule has 7 heteroatoms. The number of rotatable bonds is 6. The first kappa shape index (κ1) is 17.8. The predicted octanol–water partition coefficient (Wildman–Crippen LogP) is 3.05. The fourth-order valence-corrected chi connectivity index (χ4v) is 2.00. The van der Waals surface area contributed by atoms with Crippen LogP contribution in [-0.4, -0.2) is 32.7 Å². The Kier molecular flexibility index (Phi) is 5.96. The van der Waals surface area contributed by atoms with E-state index in [1.54, 1.807) is 18.2 Å². The first-order valence-electron chi connectivity index (χ1n) is 7.24. The molecule has 128 valence electrons. The highest BCUT2D eigenvalue weighted by Gasteiger charge is 2.11. The maximum Gasteiger partial charge on any atom is 0.338 e. The molecule has 0 aliphatic rings. The molecule has 2 rings (SSSR count). The van der Waals surface area contributed by atoms with Crippen molar-refractivity contribution in [2.24, 2.45) is 0 Å². The summed E-state index contributed by atoms with van der Waals surface area (Å²) in [5.41, 5.74) is 1.18. The van der Waals surface area contributed by atoms with Gasteiger partial charge in [0.05, 0.1) is 26.4 Å². The van der Waals surface area contributed by atoms with E-state index in [9.17, 15) is 9.59 Å². The van der Waals surface area contributed by atoms with Crippen molar-refractivity contribution in [3.8, 4) is 11.5 Å². The number of anilines is 1. The van der Waals surface area contributed by atoms with Crippen LogP contribution in [0.4, 0.5) is 11.4 Å². The number of hydrogen-bond donors (Lipinski definition) is 1. The van der Waals surface area contributed by atoms with E-state index >= 15 is 0 Å². The maximum atomic E-state index is 11.9. The lowest BCUT2D eigenvalue weighted by atomic mass is 10.2. The van der Waals surface area contributed by atoms with Crippen molar-refractivity contribution in [3.63, 3.8) is 0 Å². The van der Waals surface area contributed by atoms with E-state index in [4.69, 9.17) is 20.8 Å². The molecule has 0 spiro atoms. The quantitative estimate of drug-likeness (QED) is 0.646. The molecule has 0 aliphatic carbocycles. The van der Waals surface area contributed by atoms with E-state index in [1.807, 2.05) is 0 Å². The van der Waals surface area contributed by atoms with Gasteiger partial charge in [-0.25, -0.2) is 9.64 Å². The van der Waals surface area contributed by atoms with Gasteiger partial charge in [0.2, 0.25) is 0 Å². The molecule has 0 radical (unpaired) electrons. The highest BCUT2D eigenvalue weighted by molar-refractivity contribution is 5.95. The van der Waals surface area contributed by atoms with Crippen LogP contribution < -0.4 is 14.8 Å². The molecule has 1 N–H and O–H groups in total. The van der Waals surface area contributed by atoms with Gasteiger partial charge in [0, 0.05) is 11.8 Å². The van der Waals surface area contributed by atoms with Gasteiger partial charge in [-0.15, -0.1) is 0 Å².